The molecule has 1 aromatic heterocycles. The van der Waals surface area contributed by atoms with Crippen molar-refractivity contribution < 1.29 is 22.8 Å². The van der Waals surface area contributed by atoms with Crippen LogP contribution in [0.5, 0.6) is 0 Å². The second-order valence-electron chi connectivity index (χ2n) is 6.22. The molecule has 25 heavy (non-hydrogen) atoms. The third-order valence-electron chi connectivity index (χ3n) is 3.78. The minimum Gasteiger partial charge on any atom is -0.353 e. The number of nitrogens with one attached hydrogen (secondary N) is 1. The molecule has 1 aliphatic heterocycles. The normalized spacial score (nSPS) is 16.2. The standard InChI is InChI=1S/C16H21F3N4O2/c1-11(2)21-14(24)10-22-5-7-23(8-6-22)15(25)12-3-4-13(20-9-12)16(17,18)19/h3-4,9,11H,5-8,10H2,1-2H3,(H,21,24). The first-order valence-electron chi connectivity index (χ1n) is 8.01. The van der Waals surface area contributed by atoms with E-state index < -0.39 is 11.9 Å². The highest BCUT2D eigenvalue weighted by molar-refractivity contribution is 5.94. The van der Waals surface area contributed by atoms with Gasteiger partial charge in [-0.1, -0.05) is 0 Å². The first kappa shape index (κ1) is 19.2. The third-order valence-corrected chi connectivity index (χ3v) is 3.78. The van der Waals surface area contributed by atoms with E-state index in [1.54, 1.807) is 4.90 Å². The van der Waals surface area contributed by atoms with Gasteiger partial charge in [0.25, 0.3) is 5.91 Å². The van der Waals surface area contributed by atoms with Gasteiger partial charge in [0.15, 0.2) is 0 Å². The zero-order chi connectivity index (χ0) is 18.6. The fourth-order valence-electron chi connectivity index (χ4n) is 2.55. The Morgan fingerprint density at radius 1 is 1.20 bits per heavy atom. The predicted molar refractivity (Wildman–Crippen MR) is 84.9 cm³/mol. The Kier molecular flexibility index (Phi) is 5.99. The van der Waals surface area contributed by atoms with E-state index in [2.05, 4.69) is 10.3 Å². The lowest BCUT2D eigenvalue weighted by molar-refractivity contribution is -0.141. The molecule has 0 aliphatic carbocycles. The summed E-state index contributed by atoms with van der Waals surface area (Å²) in [7, 11) is 0. The molecule has 0 spiro atoms. The van der Waals surface area contributed by atoms with Crippen LogP contribution in [-0.4, -0.2) is 65.4 Å². The molecule has 9 heteroatoms. The first-order chi connectivity index (χ1) is 11.7. The van der Waals surface area contributed by atoms with Crippen molar-refractivity contribution in [2.75, 3.05) is 32.7 Å². The number of halogens is 3. The zero-order valence-electron chi connectivity index (χ0n) is 14.1. The van der Waals surface area contributed by atoms with E-state index in [1.165, 1.54) is 0 Å². The molecule has 6 nitrogen and oxygen atoms in total. The highest BCUT2D eigenvalue weighted by Crippen LogP contribution is 2.27. The smallest absolute Gasteiger partial charge is 0.353 e. The minimum atomic E-state index is -4.52. The topological polar surface area (TPSA) is 65.5 Å². The van der Waals surface area contributed by atoms with Crippen molar-refractivity contribution in [3.05, 3.63) is 29.6 Å². The Morgan fingerprint density at radius 2 is 1.84 bits per heavy atom. The lowest BCUT2D eigenvalue weighted by atomic mass is 10.2. The molecular formula is C16H21F3N4O2. The average Bonchev–Trinajstić information content (AvgIpc) is 2.53. The monoisotopic (exact) mass is 358 g/mol. The molecule has 0 bridgehead atoms. The van der Waals surface area contributed by atoms with Gasteiger partial charge >= 0.3 is 6.18 Å². The van der Waals surface area contributed by atoms with E-state index >= 15 is 0 Å². The average molecular weight is 358 g/mol. The number of carbonyl (C=O) groups excluding carboxylic acids is 2. The maximum atomic E-state index is 12.5. The summed E-state index contributed by atoms with van der Waals surface area (Å²) in [5, 5.41) is 2.81. The number of hydrogen-bond acceptors (Lipinski definition) is 4. The molecule has 0 atom stereocenters. The maximum Gasteiger partial charge on any atom is 0.433 e. The quantitative estimate of drug-likeness (QED) is 0.883. The van der Waals surface area contributed by atoms with E-state index in [0.29, 0.717) is 26.2 Å². The summed E-state index contributed by atoms with van der Waals surface area (Å²) in [4.78, 5) is 30.9. The van der Waals surface area contributed by atoms with Gasteiger partial charge < -0.3 is 10.2 Å². The number of carbonyl (C=O) groups is 2. The number of amides is 2. The van der Waals surface area contributed by atoms with Gasteiger partial charge in [-0.25, -0.2) is 0 Å². The van der Waals surface area contributed by atoms with E-state index in [1.807, 2.05) is 18.7 Å². The van der Waals surface area contributed by atoms with Gasteiger partial charge in [0, 0.05) is 38.4 Å². The van der Waals surface area contributed by atoms with Crippen LogP contribution in [0.1, 0.15) is 29.9 Å². The van der Waals surface area contributed by atoms with E-state index in [4.69, 9.17) is 0 Å². The number of nitrogens with zero attached hydrogens (tertiary/aromatic N) is 3. The van der Waals surface area contributed by atoms with Gasteiger partial charge in [-0.05, 0) is 26.0 Å². The van der Waals surface area contributed by atoms with Crippen LogP contribution in [0.2, 0.25) is 0 Å². The van der Waals surface area contributed by atoms with Crippen LogP contribution >= 0.6 is 0 Å². The van der Waals surface area contributed by atoms with Crippen molar-refractivity contribution in [2.45, 2.75) is 26.1 Å². The van der Waals surface area contributed by atoms with Crippen molar-refractivity contribution in [1.82, 2.24) is 20.1 Å². The van der Waals surface area contributed by atoms with Gasteiger partial charge in [0.1, 0.15) is 5.69 Å². The molecule has 0 saturated carbocycles. The fraction of sp³-hybridized carbons (Fsp3) is 0.562. The number of piperazine rings is 1. The fourth-order valence-corrected chi connectivity index (χ4v) is 2.55. The van der Waals surface area contributed by atoms with Gasteiger partial charge in [-0.3, -0.25) is 19.5 Å². The van der Waals surface area contributed by atoms with Crippen LogP contribution in [0.15, 0.2) is 18.3 Å². The van der Waals surface area contributed by atoms with Crippen molar-refractivity contribution >= 4 is 11.8 Å². The molecule has 0 unspecified atom stereocenters. The summed E-state index contributed by atoms with van der Waals surface area (Å²) in [6.07, 6.45) is -3.57. The first-order valence-corrected chi connectivity index (χ1v) is 8.01. The van der Waals surface area contributed by atoms with E-state index in [9.17, 15) is 22.8 Å². The highest BCUT2D eigenvalue weighted by Gasteiger charge is 2.32. The number of pyridine rings is 1. The van der Waals surface area contributed by atoms with Gasteiger partial charge in [-0.2, -0.15) is 13.2 Å². The maximum absolute atomic E-state index is 12.5. The number of alkyl halides is 3. The molecule has 1 aliphatic rings. The summed E-state index contributed by atoms with van der Waals surface area (Å²) in [6, 6.07) is 2.02. The van der Waals surface area contributed by atoms with Crippen LogP contribution in [0, 0.1) is 0 Å². The van der Waals surface area contributed by atoms with Crippen molar-refractivity contribution in [1.29, 1.82) is 0 Å². The third kappa shape index (κ3) is 5.42. The SMILES string of the molecule is CC(C)NC(=O)CN1CCN(C(=O)c2ccc(C(F)(F)F)nc2)CC1. The summed E-state index contributed by atoms with van der Waals surface area (Å²) in [6.45, 7) is 5.92. The van der Waals surface area contributed by atoms with Crippen LogP contribution in [0.3, 0.4) is 0 Å². The number of aromatic nitrogens is 1. The lowest BCUT2D eigenvalue weighted by Crippen LogP contribution is -2.51. The molecule has 138 valence electrons. The summed E-state index contributed by atoms with van der Waals surface area (Å²) < 4.78 is 37.5. The summed E-state index contributed by atoms with van der Waals surface area (Å²) in [5.74, 6) is -0.422. The van der Waals surface area contributed by atoms with Crippen molar-refractivity contribution in [3.8, 4) is 0 Å². The van der Waals surface area contributed by atoms with Crippen LogP contribution in [0.25, 0.3) is 0 Å². The van der Waals surface area contributed by atoms with Gasteiger partial charge in [0.05, 0.1) is 12.1 Å². The van der Waals surface area contributed by atoms with Crippen molar-refractivity contribution in [2.24, 2.45) is 0 Å². The number of rotatable bonds is 4. The molecule has 2 rings (SSSR count). The van der Waals surface area contributed by atoms with E-state index in [-0.39, 0.29) is 30.0 Å². The molecule has 1 aromatic rings. The molecule has 2 heterocycles. The molecule has 0 radical (unpaired) electrons. The molecule has 2 amide bonds. The largest absolute Gasteiger partial charge is 0.433 e. The van der Waals surface area contributed by atoms with Crippen LogP contribution in [-0.2, 0) is 11.0 Å². The Bertz CT molecular complexity index is 609. The van der Waals surface area contributed by atoms with Crippen LogP contribution in [0.4, 0.5) is 13.2 Å². The predicted octanol–water partition coefficient (Wildman–Crippen LogP) is 1.38. The molecule has 1 N–H and O–H groups in total. The van der Waals surface area contributed by atoms with Gasteiger partial charge in [-0.15, -0.1) is 0 Å². The van der Waals surface area contributed by atoms with Gasteiger partial charge in [0.2, 0.25) is 5.91 Å². The number of hydrogen-bond donors (Lipinski definition) is 1. The second kappa shape index (κ2) is 7.81. The van der Waals surface area contributed by atoms with E-state index in [0.717, 1.165) is 18.3 Å². The molecule has 1 fully saturated rings. The Balaban J connectivity index is 1.88. The Morgan fingerprint density at radius 3 is 2.32 bits per heavy atom. The highest BCUT2D eigenvalue weighted by atomic mass is 19.4. The minimum absolute atomic E-state index is 0.0679. The Labute approximate surface area is 144 Å². The second-order valence-corrected chi connectivity index (χ2v) is 6.22. The summed E-state index contributed by atoms with van der Waals surface area (Å²) >= 11 is 0. The lowest BCUT2D eigenvalue weighted by Gasteiger charge is -2.34. The van der Waals surface area contributed by atoms with Crippen LogP contribution < -0.4 is 5.32 Å². The molecule has 1 saturated heterocycles. The molecular weight excluding hydrogens is 337 g/mol. The zero-order valence-corrected chi connectivity index (χ0v) is 14.1. The van der Waals surface area contributed by atoms with Crippen molar-refractivity contribution in [3.63, 3.8) is 0 Å². The Hall–Kier alpha value is -2.16. The summed E-state index contributed by atoms with van der Waals surface area (Å²) in [5.41, 5.74) is -0.899. The molecule has 0 aromatic carbocycles.